The molecule has 1 aromatic heterocycles. The Morgan fingerprint density at radius 3 is 2.55 bits per heavy atom. The van der Waals surface area contributed by atoms with E-state index in [0.29, 0.717) is 11.3 Å². The van der Waals surface area contributed by atoms with Gasteiger partial charge in [-0.05, 0) is 35.9 Å². The van der Waals surface area contributed by atoms with E-state index >= 15 is 0 Å². The van der Waals surface area contributed by atoms with Crippen molar-refractivity contribution in [1.29, 1.82) is 0 Å². The molecule has 3 aromatic rings. The van der Waals surface area contributed by atoms with E-state index < -0.39 is 0 Å². The third-order valence-electron chi connectivity index (χ3n) is 3.07. The summed E-state index contributed by atoms with van der Waals surface area (Å²) in [7, 11) is 1.89. The molecular formula is C15H11ClFN3. The highest BCUT2D eigenvalue weighted by atomic mass is 35.5. The van der Waals surface area contributed by atoms with Crippen molar-refractivity contribution in [2.45, 2.75) is 0 Å². The SMILES string of the molecule is CN(c1ccccc1)c1nc(Cl)nc2cc(F)ccc12. The lowest BCUT2D eigenvalue weighted by molar-refractivity contribution is 0.629. The summed E-state index contributed by atoms with van der Waals surface area (Å²) in [4.78, 5) is 10.2. The summed E-state index contributed by atoms with van der Waals surface area (Å²) in [6.07, 6.45) is 0. The van der Waals surface area contributed by atoms with Crippen LogP contribution in [0.2, 0.25) is 5.28 Å². The van der Waals surface area contributed by atoms with Crippen molar-refractivity contribution in [1.82, 2.24) is 9.97 Å². The van der Waals surface area contributed by atoms with E-state index in [1.165, 1.54) is 12.1 Å². The second-order valence-corrected chi connectivity index (χ2v) is 4.71. The van der Waals surface area contributed by atoms with Crippen molar-refractivity contribution in [3.8, 4) is 0 Å². The number of para-hydroxylation sites is 1. The Labute approximate surface area is 120 Å². The topological polar surface area (TPSA) is 29.0 Å². The van der Waals surface area contributed by atoms with Crippen molar-refractivity contribution in [3.05, 3.63) is 59.6 Å². The number of anilines is 2. The number of nitrogens with zero attached hydrogens (tertiary/aromatic N) is 3. The number of hydrogen-bond donors (Lipinski definition) is 0. The summed E-state index contributed by atoms with van der Waals surface area (Å²) in [5.41, 5.74) is 1.45. The molecule has 0 radical (unpaired) electrons. The molecule has 3 rings (SSSR count). The molecule has 0 spiro atoms. The Morgan fingerprint density at radius 1 is 1.05 bits per heavy atom. The predicted molar refractivity (Wildman–Crippen MR) is 79.0 cm³/mol. The van der Waals surface area contributed by atoms with E-state index in [2.05, 4.69) is 9.97 Å². The summed E-state index contributed by atoms with van der Waals surface area (Å²) in [5.74, 6) is 0.298. The normalized spacial score (nSPS) is 10.8. The first-order valence-corrected chi connectivity index (χ1v) is 6.44. The van der Waals surface area contributed by atoms with Crippen LogP contribution in [0, 0.1) is 5.82 Å². The molecule has 0 amide bonds. The van der Waals surface area contributed by atoms with Gasteiger partial charge in [-0.15, -0.1) is 0 Å². The van der Waals surface area contributed by atoms with Gasteiger partial charge in [-0.25, -0.2) is 9.37 Å². The van der Waals surface area contributed by atoms with E-state index in [9.17, 15) is 4.39 Å². The van der Waals surface area contributed by atoms with E-state index in [1.54, 1.807) is 6.07 Å². The van der Waals surface area contributed by atoms with Crippen LogP contribution in [0.3, 0.4) is 0 Å². The fourth-order valence-corrected chi connectivity index (χ4v) is 2.26. The van der Waals surface area contributed by atoms with Crippen LogP contribution in [0.1, 0.15) is 0 Å². The van der Waals surface area contributed by atoms with Gasteiger partial charge in [0.1, 0.15) is 11.6 Å². The Morgan fingerprint density at radius 2 is 1.80 bits per heavy atom. The van der Waals surface area contributed by atoms with Crippen LogP contribution in [0.4, 0.5) is 15.9 Å². The molecule has 1 heterocycles. The van der Waals surface area contributed by atoms with Gasteiger partial charge in [0.2, 0.25) is 5.28 Å². The van der Waals surface area contributed by atoms with E-state index in [1.807, 2.05) is 42.3 Å². The van der Waals surface area contributed by atoms with Crippen molar-refractivity contribution < 1.29 is 4.39 Å². The molecular weight excluding hydrogens is 277 g/mol. The minimum absolute atomic E-state index is 0.0980. The van der Waals surface area contributed by atoms with Gasteiger partial charge in [-0.1, -0.05) is 18.2 Å². The molecule has 0 saturated carbocycles. The van der Waals surface area contributed by atoms with Gasteiger partial charge in [-0.3, -0.25) is 0 Å². The van der Waals surface area contributed by atoms with Crippen LogP contribution in [0.15, 0.2) is 48.5 Å². The van der Waals surface area contributed by atoms with E-state index in [0.717, 1.165) is 11.1 Å². The zero-order valence-corrected chi connectivity index (χ0v) is 11.5. The van der Waals surface area contributed by atoms with Crippen LogP contribution in [0.5, 0.6) is 0 Å². The molecule has 20 heavy (non-hydrogen) atoms. The molecule has 2 aromatic carbocycles. The standard InChI is InChI=1S/C15H11ClFN3/c1-20(11-5-3-2-4-6-11)14-12-8-7-10(17)9-13(12)18-15(16)19-14/h2-9H,1H3. The summed E-state index contributed by atoms with van der Waals surface area (Å²) < 4.78 is 13.3. The smallest absolute Gasteiger partial charge is 0.224 e. The predicted octanol–water partition coefficient (Wildman–Crippen LogP) is 4.19. The first-order chi connectivity index (χ1) is 9.65. The van der Waals surface area contributed by atoms with Gasteiger partial charge in [0, 0.05) is 24.2 Å². The lowest BCUT2D eigenvalue weighted by Gasteiger charge is -2.20. The van der Waals surface area contributed by atoms with Gasteiger partial charge in [-0.2, -0.15) is 4.98 Å². The zero-order valence-electron chi connectivity index (χ0n) is 10.7. The lowest BCUT2D eigenvalue weighted by Crippen LogP contribution is -2.12. The van der Waals surface area contributed by atoms with Gasteiger partial charge in [0.05, 0.1) is 5.52 Å². The van der Waals surface area contributed by atoms with Crippen molar-refractivity contribution in [2.75, 3.05) is 11.9 Å². The number of rotatable bonds is 2. The van der Waals surface area contributed by atoms with Gasteiger partial charge in [0.15, 0.2) is 0 Å². The monoisotopic (exact) mass is 287 g/mol. The first-order valence-electron chi connectivity index (χ1n) is 6.07. The number of benzene rings is 2. The highest BCUT2D eigenvalue weighted by Crippen LogP contribution is 2.29. The largest absolute Gasteiger partial charge is 0.329 e. The van der Waals surface area contributed by atoms with Gasteiger partial charge >= 0.3 is 0 Å². The summed E-state index contributed by atoms with van der Waals surface area (Å²) in [5, 5.41) is 0.850. The molecule has 0 fully saturated rings. The van der Waals surface area contributed by atoms with E-state index in [-0.39, 0.29) is 11.1 Å². The molecule has 0 aliphatic heterocycles. The number of aromatic nitrogens is 2. The van der Waals surface area contributed by atoms with Gasteiger partial charge < -0.3 is 4.90 Å². The molecule has 0 unspecified atom stereocenters. The molecule has 100 valence electrons. The summed E-state index contributed by atoms with van der Waals surface area (Å²) in [6, 6.07) is 14.2. The minimum atomic E-state index is -0.347. The van der Waals surface area contributed by atoms with Crippen LogP contribution in [-0.4, -0.2) is 17.0 Å². The maximum absolute atomic E-state index is 13.3. The highest BCUT2D eigenvalue weighted by Gasteiger charge is 2.12. The van der Waals surface area contributed by atoms with Crippen molar-refractivity contribution in [2.24, 2.45) is 0 Å². The van der Waals surface area contributed by atoms with Crippen LogP contribution < -0.4 is 4.90 Å². The molecule has 0 aliphatic rings. The molecule has 0 saturated heterocycles. The first kappa shape index (κ1) is 12.8. The molecule has 5 heteroatoms. The maximum Gasteiger partial charge on any atom is 0.224 e. The van der Waals surface area contributed by atoms with Crippen molar-refractivity contribution >= 4 is 34.0 Å². The molecule has 0 atom stereocenters. The Kier molecular flexibility index (Phi) is 3.24. The lowest BCUT2D eigenvalue weighted by atomic mass is 10.2. The zero-order chi connectivity index (χ0) is 14.1. The van der Waals surface area contributed by atoms with Crippen LogP contribution >= 0.6 is 11.6 Å². The van der Waals surface area contributed by atoms with Crippen LogP contribution in [0.25, 0.3) is 10.9 Å². The maximum atomic E-state index is 13.3. The third-order valence-corrected chi connectivity index (χ3v) is 3.24. The molecule has 0 aliphatic carbocycles. The second kappa shape index (κ2) is 5.06. The number of halogens is 2. The summed E-state index contributed by atoms with van der Waals surface area (Å²) >= 11 is 5.94. The average Bonchev–Trinajstić information content (AvgIpc) is 2.46. The molecule has 0 N–H and O–H groups in total. The van der Waals surface area contributed by atoms with Gasteiger partial charge in [0.25, 0.3) is 0 Å². The number of fused-ring (bicyclic) bond motifs is 1. The highest BCUT2D eigenvalue weighted by molar-refractivity contribution is 6.28. The third kappa shape index (κ3) is 2.30. The minimum Gasteiger partial charge on any atom is -0.329 e. The van der Waals surface area contributed by atoms with E-state index in [4.69, 9.17) is 11.6 Å². The molecule has 3 nitrogen and oxygen atoms in total. The summed E-state index contributed by atoms with van der Waals surface area (Å²) in [6.45, 7) is 0. The van der Waals surface area contributed by atoms with Crippen LogP contribution in [-0.2, 0) is 0 Å². The quantitative estimate of drug-likeness (QED) is 0.662. The number of hydrogen-bond acceptors (Lipinski definition) is 3. The average molecular weight is 288 g/mol. The van der Waals surface area contributed by atoms with Crippen molar-refractivity contribution in [3.63, 3.8) is 0 Å². The Balaban J connectivity index is 2.20. The molecule has 0 bridgehead atoms. The second-order valence-electron chi connectivity index (χ2n) is 4.37. The fraction of sp³-hybridized carbons (Fsp3) is 0.0667. The Bertz CT molecular complexity index is 756. The fourth-order valence-electron chi connectivity index (χ4n) is 2.09. The Hall–Kier alpha value is -2.20.